The predicted molar refractivity (Wildman–Crippen MR) is 95.1 cm³/mol. The van der Waals surface area contributed by atoms with Gasteiger partial charge in [-0.1, -0.05) is 44.2 Å². The number of rotatable bonds is 5. The standard InChI is InChI=1S/C20H24N2O/c1-14(2)13-23-20-19-18(10-11-21-20)15(3)16(4)22(19)12-17-8-6-5-7-9-17/h5-11,14H,12-13H2,1-4H3. The van der Waals surface area contributed by atoms with Crippen LogP contribution < -0.4 is 4.74 Å². The van der Waals surface area contributed by atoms with E-state index in [1.54, 1.807) is 0 Å². The van der Waals surface area contributed by atoms with Crippen LogP contribution in [0.1, 0.15) is 30.7 Å². The Morgan fingerprint density at radius 1 is 1.09 bits per heavy atom. The molecule has 3 rings (SSSR count). The second-order valence-electron chi connectivity index (χ2n) is 6.50. The van der Waals surface area contributed by atoms with Crippen molar-refractivity contribution >= 4 is 10.9 Å². The van der Waals surface area contributed by atoms with E-state index in [0.717, 1.165) is 17.9 Å². The van der Waals surface area contributed by atoms with Crippen LogP contribution in [0.15, 0.2) is 42.6 Å². The van der Waals surface area contributed by atoms with Gasteiger partial charge in [-0.2, -0.15) is 0 Å². The molecule has 0 aliphatic rings. The molecule has 0 radical (unpaired) electrons. The van der Waals surface area contributed by atoms with Gasteiger partial charge in [0.05, 0.1) is 6.61 Å². The molecule has 0 saturated carbocycles. The van der Waals surface area contributed by atoms with Crippen molar-refractivity contribution in [3.8, 4) is 5.88 Å². The van der Waals surface area contributed by atoms with E-state index in [4.69, 9.17) is 4.74 Å². The van der Waals surface area contributed by atoms with E-state index < -0.39 is 0 Å². The first kappa shape index (κ1) is 15.6. The van der Waals surface area contributed by atoms with E-state index in [1.807, 2.05) is 12.3 Å². The molecule has 0 saturated heterocycles. The summed E-state index contributed by atoms with van der Waals surface area (Å²) in [6.45, 7) is 10.2. The van der Waals surface area contributed by atoms with Gasteiger partial charge in [0.25, 0.3) is 0 Å². The number of aromatic nitrogens is 2. The fourth-order valence-electron chi connectivity index (χ4n) is 2.88. The third-order valence-electron chi connectivity index (χ3n) is 4.25. The summed E-state index contributed by atoms with van der Waals surface area (Å²) >= 11 is 0. The molecule has 0 aliphatic heterocycles. The number of pyridine rings is 1. The fraction of sp³-hybridized carbons (Fsp3) is 0.350. The van der Waals surface area contributed by atoms with E-state index in [1.165, 1.54) is 22.2 Å². The Labute approximate surface area is 137 Å². The minimum atomic E-state index is 0.479. The Morgan fingerprint density at radius 3 is 2.52 bits per heavy atom. The van der Waals surface area contributed by atoms with Crippen LogP contribution in [0.5, 0.6) is 5.88 Å². The molecule has 3 heteroatoms. The van der Waals surface area contributed by atoms with Gasteiger partial charge in [0, 0.05) is 23.8 Å². The van der Waals surface area contributed by atoms with E-state index in [0.29, 0.717) is 12.5 Å². The van der Waals surface area contributed by atoms with Crippen molar-refractivity contribution in [3.63, 3.8) is 0 Å². The number of hydrogen-bond acceptors (Lipinski definition) is 2. The molecule has 0 spiro atoms. The van der Waals surface area contributed by atoms with Gasteiger partial charge in [-0.25, -0.2) is 4.98 Å². The second-order valence-corrected chi connectivity index (χ2v) is 6.50. The number of fused-ring (bicyclic) bond motifs is 1. The number of ether oxygens (including phenoxy) is 1. The lowest BCUT2D eigenvalue weighted by Crippen LogP contribution is -2.08. The van der Waals surface area contributed by atoms with Crippen molar-refractivity contribution in [2.75, 3.05) is 6.61 Å². The van der Waals surface area contributed by atoms with Crippen LogP contribution in [-0.2, 0) is 6.54 Å². The molecule has 23 heavy (non-hydrogen) atoms. The smallest absolute Gasteiger partial charge is 0.238 e. The number of aryl methyl sites for hydroxylation is 1. The van der Waals surface area contributed by atoms with E-state index in [-0.39, 0.29) is 0 Å². The summed E-state index contributed by atoms with van der Waals surface area (Å²) in [5, 5.41) is 1.23. The van der Waals surface area contributed by atoms with Gasteiger partial charge in [-0.3, -0.25) is 0 Å². The summed E-state index contributed by atoms with van der Waals surface area (Å²) in [6, 6.07) is 12.6. The second kappa shape index (κ2) is 6.45. The van der Waals surface area contributed by atoms with Crippen LogP contribution in [-0.4, -0.2) is 16.2 Å². The molecule has 0 fully saturated rings. The van der Waals surface area contributed by atoms with Crippen molar-refractivity contribution < 1.29 is 4.74 Å². The molecule has 3 nitrogen and oxygen atoms in total. The van der Waals surface area contributed by atoms with Crippen LogP contribution in [0, 0.1) is 19.8 Å². The maximum Gasteiger partial charge on any atom is 0.238 e. The molecular formula is C20H24N2O. The summed E-state index contributed by atoms with van der Waals surface area (Å²) in [7, 11) is 0. The zero-order valence-electron chi connectivity index (χ0n) is 14.3. The van der Waals surface area contributed by atoms with Crippen LogP contribution in [0.25, 0.3) is 10.9 Å². The van der Waals surface area contributed by atoms with Gasteiger partial charge in [-0.05, 0) is 37.0 Å². The van der Waals surface area contributed by atoms with Gasteiger partial charge >= 0.3 is 0 Å². The van der Waals surface area contributed by atoms with E-state index in [9.17, 15) is 0 Å². The molecule has 0 bridgehead atoms. The Morgan fingerprint density at radius 2 is 1.83 bits per heavy atom. The summed E-state index contributed by atoms with van der Waals surface area (Å²) in [5.74, 6) is 1.22. The average Bonchev–Trinajstić information content (AvgIpc) is 2.79. The third kappa shape index (κ3) is 3.09. The van der Waals surface area contributed by atoms with E-state index >= 15 is 0 Å². The van der Waals surface area contributed by atoms with Gasteiger partial charge in [0.2, 0.25) is 5.88 Å². The van der Waals surface area contributed by atoms with Crippen LogP contribution >= 0.6 is 0 Å². The number of hydrogen-bond donors (Lipinski definition) is 0. The molecule has 1 aromatic carbocycles. The Kier molecular flexibility index (Phi) is 4.37. The molecular weight excluding hydrogens is 284 g/mol. The van der Waals surface area contributed by atoms with E-state index in [2.05, 4.69) is 67.6 Å². The minimum absolute atomic E-state index is 0.479. The lowest BCUT2D eigenvalue weighted by atomic mass is 10.2. The molecule has 0 N–H and O–H groups in total. The van der Waals surface area contributed by atoms with Crippen LogP contribution in [0.3, 0.4) is 0 Å². The molecule has 2 aromatic heterocycles. The maximum absolute atomic E-state index is 6.00. The summed E-state index contributed by atoms with van der Waals surface area (Å²) < 4.78 is 8.32. The van der Waals surface area contributed by atoms with Crippen molar-refractivity contribution in [3.05, 3.63) is 59.4 Å². The highest BCUT2D eigenvalue weighted by atomic mass is 16.5. The Hall–Kier alpha value is -2.29. The Bertz CT molecular complexity index is 803. The van der Waals surface area contributed by atoms with Crippen molar-refractivity contribution in [1.29, 1.82) is 0 Å². The average molecular weight is 308 g/mol. The summed E-state index contributed by atoms with van der Waals surface area (Å²) in [6.07, 6.45) is 1.84. The summed E-state index contributed by atoms with van der Waals surface area (Å²) in [5.41, 5.74) is 4.96. The monoisotopic (exact) mass is 308 g/mol. The van der Waals surface area contributed by atoms with Crippen molar-refractivity contribution in [1.82, 2.24) is 9.55 Å². The van der Waals surface area contributed by atoms with Crippen molar-refractivity contribution in [2.45, 2.75) is 34.2 Å². The van der Waals surface area contributed by atoms with Gasteiger partial charge in [0.15, 0.2) is 0 Å². The predicted octanol–water partition coefficient (Wildman–Crippen LogP) is 4.74. The topological polar surface area (TPSA) is 27.1 Å². The molecule has 0 atom stereocenters. The lowest BCUT2D eigenvalue weighted by molar-refractivity contribution is 0.263. The number of benzene rings is 1. The first-order chi connectivity index (χ1) is 11.1. The fourth-order valence-corrected chi connectivity index (χ4v) is 2.88. The molecule has 0 amide bonds. The maximum atomic E-state index is 6.00. The summed E-state index contributed by atoms with van der Waals surface area (Å²) in [4.78, 5) is 4.49. The highest BCUT2D eigenvalue weighted by Gasteiger charge is 2.16. The van der Waals surface area contributed by atoms with Gasteiger partial charge in [0.1, 0.15) is 5.52 Å². The van der Waals surface area contributed by atoms with Crippen LogP contribution in [0.4, 0.5) is 0 Å². The molecule has 0 aliphatic carbocycles. The normalized spacial score (nSPS) is 11.3. The first-order valence-corrected chi connectivity index (χ1v) is 8.19. The lowest BCUT2D eigenvalue weighted by Gasteiger charge is -2.13. The zero-order chi connectivity index (χ0) is 16.4. The molecule has 2 heterocycles. The highest BCUT2D eigenvalue weighted by molar-refractivity contribution is 5.89. The Balaban J connectivity index is 2.10. The molecule has 3 aromatic rings. The SMILES string of the molecule is Cc1c(C)n(Cc2ccccc2)c2c(OCC(C)C)nccc12. The molecule has 0 unspecified atom stereocenters. The third-order valence-corrected chi connectivity index (χ3v) is 4.25. The van der Waals surface area contributed by atoms with Gasteiger partial charge in [-0.15, -0.1) is 0 Å². The van der Waals surface area contributed by atoms with Crippen molar-refractivity contribution in [2.24, 2.45) is 5.92 Å². The zero-order valence-corrected chi connectivity index (χ0v) is 14.3. The van der Waals surface area contributed by atoms with Gasteiger partial charge < -0.3 is 9.30 Å². The quantitative estimate of drug-likeness (QED) is 0.681. The minimum Gasteiger partial charge on any atom is -0.476 e. The number of nitrogens with zero attached hydrogens (tertiary/aromatic N) is 2. The highest BCUT2D eigenvalue weighted by Crippen LogP contribution is 2.31. The largest absolute Gasteiger partial charge is 0.476 e. The van der Waals surface area contributed by atoms with Crippen LogP contribution in [0.2, 0.25) is 0 Å². The first-order valence-electron chi connectivity index (χ1n) is 8.19. The molecule has 120 valence electrons.